The molecule has 0 atom stereocenters. The molecular formula is C15H12ClF3N2O2. The lowest BCUT2D eigenvalue weighted by Gasteiger charge is -2.17. The van der Waals surface area contributed by atoms with Crippen LogP contribution >= 0.6 is 11.6 Å². The standard InChI is InChI=1S/C15H12ClF3N2O2/c1-21(14(22)11-6-7-20-13(16)8-11)9-10-2-4-12(5-3-10)23-15(17,18)19/h2-8H,9H2,1H3. The summed E-state index contributed by atoms with van der Waals surface area (Å²) in [4.78, 5) is 17.4. The monoisotopic (exact) mass is 344 g/mol. The molecular weight excluding hydrogens is 333 g/mol. The molecule has 1 aromatic heterocycles. The first-order valence-electron chi connectivity index (χ1n) is 6.46. The van der Waals surface area contributed by atoms with E-state index in [0.29, 0.717) is 11.1 Å². The number of halogens is 4. The van der Waals surface area contributed by atoms with Crippen LogP contribution in [0.25, 0.3) is 0 Å². The summed E-state index contributed by atoms with van der Waals surface area (Å²) >= 11 is 5.74. The van der Waals surface area contributed by atoms with Crippen LogP contribution in [0, 0.1) is 0 Å². The number of carbonyl (C=O) groups excluding carboxylic acids is 1. The fourth-order valence-electron chi connectivity index (χ4n) is 1.90. The van der Waals surface area contributed by atoms with Crippen LogP contribution < -0.4 is 4.74 Å². The highest BCUT2D eigenvalue weighted by atomic mass is 35.5. The zero-order chi connectivity index (χ0) is 17.0. The van der Waals surface area contributed by atoms with E-state index in [-0.39, 0.29) is 23.4 Å². The van der Waals surface area contributed by atoms with Crippen molar-refractivity contribution in [1.29, 1.82) is 0 Å². The maximum absolute atomic E-state index is 12.2. The Morgan fingerprint density at radius 2 is 1.91 bits per heavy atom. The number of hydrogen-bond donors (Lipinski definition) is 0. The Labute approximate surface area is 135 Å². The molecule has 1 aromatic carbocycles. The number of pyridine rings is 1. The smallest absolute Gasteiger partial charge is 0.406 e. The lowest BCUT2D eigenvalue weighted by atomic mass is 10.2. The van der Waals surface area contributed by atoms with Crippen molar-refractivity contribution < 1.29 is 22.7 Å². The molecule has 2 rings (SSSR count). The van der Waals surface area contributed by atoms with Gasteiger partial charge in [0, 0.05) is 25.4 Å². The Bertz CT molecular complexity index is 690. The van der Waals surface area contributed by atoms with Crippen LogP contribution in [0.3, 0.4) is 0 Å². The number of benzene rings is 1. The molecule has 0 saturated carbocycles. The van der Waals surface area contributed by atoms with Gasteiger partial charge in [-0.15, -0.1) is 13.2 Å². The highest BCUT2D eigenvalue weighted by Gasteiger charge is 2.30. The van der Waals surface area contributed by atoms with Crippen LogP contribution in [0.4, 0.5) is 13.2 Å². The Morgan fingerprint density at radius 1 is 1.26 bits per heavy atom. The highest BCUT2D eigenvalue weighted by Crippen LogP contribution is 2.23. The van der Waals surface area contributed by atoms with E-state index in [1.165, 1.54) is 47.5 Å². The maximum Gasteiger partial charge on any atom is 0.573 e. The van der Waals surface area contributed by atoms with Gasteiger partial charge in [0.05, 0.1) is 0 Å². The summed E-state index contributed by atoms with van der Waals surface area (Å²) < 4.78 is 40.1. The van der Waals surface area contributed by atoms with Crippen molar-refractivity contribution in [3.8, 4) is 5.75 Å². The van der Waals surface area contributed by atoms with Gasteiger partial charge in [-0.3, -0.25) is 4.79 Å². The first-order valence-corrected chi connectivity index (χ1v) is 6.84. The molecule has 0 fully saturated rings. The van der Waals surface area contributed by atoms with Crippen LogP contribution in [-0.4, -0.2) is 29.2 Å². The van der Waals surface area contributed by atoms with Crippen molar-refractivity contribution in [2.24, 2.45) is 0 Å². The molecule has 23 heavy (non-hydrogen) atoms. The Balaban J connectivity index is 2.02. The van der Waals surface area contributed by atoms with Gasteiger partial charge in [-0.1, -0.05) is 23.7 Å². The summed E-state index contributed by atoms with van der Waals surface area (Å²) in [5, 5.41) is 0.206. The predicted molar refractivity (Wildman–Crippen MR) is 78.2 cm³/mol. The number of amides is 1. The first-order chi connectivity index (χ1) is 10.7. The average Bonchev–Trinajstić information content (AvgIpc) is 2.47. The zero-order valence-corrected chi connectivity index (χ0v) is 12.7. The van der Waals surface area contributed by atoms with Crippen molar-refractivity contribution in [3.05, 3.63) is 58.9 Å². The molecule has 0 N–H and O–H groups in total. The second-order valence-corrected chi connectivity index (χ2v) is 5.11. The van der Waals surface area contributed by atoms with Gasteiger partial charge in [0.25, 0.3) is 5.91 Å². The number of rotatable bonds is 4. The summed E-state index contributed by atoms with van der Waals surface area (Å²) in [5.74, 6) is -0.582. The van der Waals surface area contributed by atoms with E-state index in [0.717, 1.165) is 0 Å². The average molecular weight is 345 g/mol. The summed E-state index contributed by atoms with van der Waals surface area (Å²) in [5.41, 5.74) is 1.04. The number of ether oxygens (including phenoxy) is 1. The third kappa shape index (κ3) is 5.14. The largest absolute Gasteiger partial charge is 0.573 e. The normalized spacial score (nSPS) is 11.2. The molecule has 0 saturated heterocycles. The number of hydrogen-bond acceptors (Lipinski definition) is 3. The third-order valence-electron chi connectivity index (χ3n) is 2.90. The summed E-state index contributed by atoms with van der Waals surface area (Å²) in [6.45, 7) is 0.227. The second-order valence-electron chi connectivity index (χ2n) is 4.72. The van der Waals surface area contributed by atoms with E-state index in [4.69, 9.17) is 11.6 Å². The molecule has 0 bridgehead atoms. The topological polar surface area (TPSA) is 42.4 Å². The van der Waals surface area contributed by atoms with Gasteiger partial charge in [0.1, 0.15) is 10.9 Å². The molecule has 0 radical (unpaired) electrons. The van der Waals surface area contributed by atoms with Crippen LogP contribution in [0.5, 0.6) is 5.75 Å². The van der Waals surface area contributed by atoms with Crippen LogP contribution in [0.15, 0.2) is 42.6 Å². The molecule has 1 heterocycles. The van der Waals surface area contributed by atoms with E-state index in [1.807, 2.05) is 0 Å². The minimum absolute atomic E-state index is 0.206. The zero-order valence-electron chi connectivity index (χ0n) is 12.0. The number of carbonyl (C=O) groups is 1. The van der Waals surface area contributed by atoms with E-state index in [9.17, 15) is 18.0 Å². The maximum atomic E-state index is 12.2. The van der Waals surface area contributed by atoms with Crippen molar-refractivity contribution in [2.75, 3.05) is 7.05 Å². The molecule has 0 aliphatic rings. The van der Waals surface area contributed by atoms with Gasteiger partial charge in [-0.05, 0) is 29.8 Å². The molecule has 0 aliphatic carbocycles. The van der Waals surface area contributed by atoms with Gasteiger partial charge >= 0.3 is 6.36 Å². The predicted octanol–water partition coefficient (Wildman–Crippen LogP) is 3.91. The van der Waals surface area contributed by atoms with E-state index in [2.05, 4.69) is 9.72 Å². The summed E-state index contributed by atoms with van der Waals surface area (Å²) in [6.07, 6.45) is -3.30. The fourth-order valence-corrected chi connectivity index (χ4v) is 2.07. The van der Waals surface area contributed by atoms with E-state index < -0.39 is 6.36 Å². The molecule has 0 spiro atoms. The lowest BCUT2D eigenvalue weighted by Crippen LogP contribution is -2.26. The van der Waals surface area contributed by atoms with Gasteiger partial charge in [0.2, 0.25) is 0 Å². The number of alkyl halides is 3. The Morgan fingerprint density at radius 3 is 2.48 bits per heavy atom. The highest BCUT2D eigenvalue weighted by molar-refractivity contribution is 6.29. The van der Waals surface area contributed by atoms with E-state index in [1.54, 1.807) is 7.05 Å². The van der Waals surface area contributed by atoms with Crippen molar-refractivity contribution in [1.82, 2.24) is 9.88 Å². The Kier molecular flexibility index (Phi) is 5.10. The molecule has 0 unspecified atom stereocenters. The number of nitrogens with zero attached hydrogens (tertiary/aromatic N) is 2. The van der Waals surface area contributed by atoms with Gasteiger partial charge in [-0.25, -0.2) is 4.98 Å². The van der Waals surface area contributed by atoms with Crippen LogP contribution in [-0.2, 0) is 6.54 Å². The fraction of sp³-hybridized carbons (Fsp3) is 0.200. The van der Waals surface area contributed by atoms with Gasteiger partial charge < -0.3 is 9.64 Å². The molecule has 1 amide bonds. The SMILES string of the molecule is CN(Cc1ccc(OC(F)(F)F)cc1)C(=O)c1ccnc(Cl)c1. The quantitative estimate of drug-likeness (QED) is 0.790. The van der Waals surface area contributed by atoms with Gasteiger partial charge in [0.15, 0.2) is 0 Å². The van der Waals surface area contributed by atoms with Crippen LogP contribution in [0.2, 0.25) is 5.15 Å². The minimum atomic E-state index is -4.73. The minimum Gasteiger partial charge on any atom is -0.406 e. The second kappa shape index (κ2) is 6.87. The van der Waals surface area contributed by atoms with E-state index >= 15 is 0 Å². The van der Waals surface area contributed by atoms with Crippen LogP contribution in [0.1, 0.15) is 15.9 Å². The van der Waals surface area contributed by atoms with Crippen molar-refractivity contribution in [3.63, 3.8) is 0 Å². The first kappa shape index (κ1) is 17.1. The lowest BCUT2D eigenvalue weighted by molar-refractivity contribution is -0.274. The third-order valence-corrected chi connectivity index (χ3v) is 3.10. The van der Waals surface area contributed by atoms with Gasteiger partial charge in [-0.2, -0.15) is 0 Å². The summed E-state index contributed by atoms with van der Waals surface area (Å²) in [6, 6.07) is 8.30. The number of aromatic nitrogens is 1. The van der Waals surface area contributed by atoms with Crippen molar-refractivity contribution >= 4 is 17.5 Å². The Hall–Kier alpha value is -2.28. The molecule has 2 aromatic rings. The molecule has 8 heteroatoms. The molecule has 122 valence electrons. The van der Waals surface area contributed by atoms with Crippen molar-refractivity contribution in [2.45, 2.75) is 12.9 Å². The molecule has 0 aliphatic heterocycles. The summed E-state index contributed by atoms with van der Waals surface area (Å²) in [7, 11) is 1.58. The molecule has 4 nitrogen and oxygen atoms in total.